The molecule has 1 heterocycles. The van der Waals surface area contributed by atoms with Gasteiger partial charge >= 0.3 is 0 Å². The van der Waals surface area contributed by atoms with Crippen LogP contribution >= 0.6 is 15.9 Å². The van der Waals surface area contributed by atoms with E-state index in [0.717, 1.165) is 0 Å². The maximum Gasteiger partial charge on any atom is 0.272 e. The molecule has 1 aromatic heterocycles. The van der Waals surface area contributed by atoms with Crippen LogP contribution in [0.2, 0.25) is 0 Å². The zero-order chi connectivity index (χ0) is 9.84. The van der Waals surface area contributed by atoms with Crippen molar-refractivity contribution in [2.75, 3.05) is 6.61 Å². The average molecular weight is 253 g/mol. The van der Waals surface area contributed by atoms with Gasteiger partial charge in [0.05, 0.1) is 0 Å². The van der Waals surface area contributed by atoms with Crippen molar-refractivity contribution in [2.45, 2.75) is 13.3 Å². The lowest BCUT2D eigenvalue weighted by atomic mass is 10.6. The molecule has 0 N–H and O–H groups in total. The van der Waals surface area contributed by atoms with Crippen LogP contribution in [-0.2, 0) is 0 Å². The summed E-state index contributed by atoms with van der Waals surface area (Å²) >= 11 is 3.10. The fourth-order valence-corrected chi connectivity index (χ4v) is 1.18. The van der Waals surface area contributed by atoms with E-state index >= 15 is 0 Å². The van der Waals surface area contributed by atoms with E-state index in [1.165, 1.54) is 6.07 Å². The minimum Gasteiger partial charge on any atom is -0.471 e. The summed E-state index contributed by atoms with van der Waals surface area (Å²) in [6.07, 6.45) is -2.49. The van der Waals surface area contributed by atoms with Gasteiger partial charge in [-0.3, -0.25) is 0 Å². The SMILES string of the molecule is Cc1nc(Br)cc(OCC(F)F)n1. The molecule has 72 valence electrons. The van der Waals surface area contributed by atoms with Gasteiger partial charge in [-0.15, -0.1) is 0 Å². The van der Waals surface area contributed by atoms with Gasteiger partial charge in [0.15, 0.2) is 6.61 Å². The van der Waals surface area contributed by atoms with Crippen molar-refractivity contribution in [3.63, 3.8) is 0 Å². The Labute approximate surface area is 82.3 Å². The first-order chi connectivity index (χ1) is 6.08. The lowest BCUT2D eigenvalue weighted by molar-refractivity contribution is 0.0793. The molecular formula is C7H7BrF2N2O. The number of hydrogen-bond donors (Lipinski definition) is 0. The molecule has 0 saturated carbocycles. The first kappa shape index (κ1) is 10.3. The number of halogens is 3. The number of alkyl halides is 2. The average Bonchev–Trinajstić information content (AvgIpc) is 1.99. The van der Waals surface area contributed by atoms with E-state index in [9.17, 15) is 8.78 Å². The summed E-state index contributed by atoms with van der Waals surface area (Å²) in [5, 5.41) is 0. The number of hydrogen-bond acceptors (Lipinski definition) is 3. The van der Waals surface area contributed by atoms with Crippen molar-refractivity contribution in [1.82, 2.24) is 9.97 Å². The molecule has 0 saturated heterocycles. The van der Waals surface area contributed by atoms with E-state index in [1.54, 1.807) is 6.92 Å². The first-order valence-electron chi connectivity index (χ1n) is 3.50. The summed E-state index contributed by atoms with van der Waals surface area (Å²) in [7, 11) is 0. The molecule has 0 atom stereocenters. The Morgan fingerprint density at radius 3 is 2.77 bits per heavy atom. The summed E-state index contributed by atoms with van der Waals surface area (Å²) in [5.41, 5.74) is 0. The normalized spacial score (nSPS) is 10.5. The van der Waals surface area contributed by atoms with Crippen molar-refractivity contribution >= 4 is 15.9 Å². The van der Waals surface area contributed by atoms with Gasteiger partial charge in [0.25, 0.3) is 6.43 Å². The van der Waals surface area contributed by atoms with Gasteiger partial charge in [-0.2, -0.15) is 4.98 Å². The molecule has 3 nitrogen and oxygen atoms in total. The molecule has 0 amide bonds. The maximum absolute atomic E-state index is 11.7. The van der Waals surface area contributed by atoms with Crippen molar-refractivity contribution in [1.29, 1.82) is 0 Å². The van der Waals surface area contributed by atoms with Gasteiger partial charge in [-0.05, 0) is 22.9 Å². The number of rotatable bonds is 3. The molecule has 0 radical (unpaired) electrons. The van der Waals surface area contributed by atoms with E-state index < -0.39 is 13.0 Å². The molecule has 0 fully saturated rings. The van der Waals surface area contributed by atoms with Crippen LogP contribution in [0.5, 0.6) is 5.88 Å². The summed E-state index contributed by atoms with van der Waals surface area (Å²) in [5.74, 6) is 0.623. The largest absolute Gasteiger partial charge is 0.471 e. The number of nitrogens with zero attached hydrogens (tertiary/aromatic N) is 2. The first-order valence-corrected chi connectivity index (χ1v) is 4.29. The van der Waals surface area contributed by atoms with E-state index in [-0.39, 0.29) is 5.88 Å². The van der Waals surface area contributed by atoms with Gasteiger partial charge in [-0.25, -0.2) is 13.8 Å². The highest BCUT2D eigenvalue weighted by Crippen LogP contribution is 2.14. The van der Waals surface area contributed by atoms with E-state index in [4.69, 9.17) is 4.74 Å². The highest BCUT2D eigenvalue weighted by molar-refractivity contribution is 9.10. The second-order valence-electron chi connectivity index (χ2n) is 2.28. The minimum atomic E-state index is -2.49. The lowest BCUT2D eigenvalue weighted by Crippen LogP contribution is -2.08. The van der Waals surface area contributed by atoms with Crippen LogP contribution in [-0.4, -0.2) is 23.0 Å². The van der Waals surface area contributed by atoms with Crippen LogP contribution < -0.4 is 4.74 Å². The molecule has 0 aromatic carbocycles. The van der Waals surface area contributed by atoms with Crippen LogP contribution in [0.1, 0.15) is 5.82 Å². The highest BCUT2D eigenvalue weighted by atomic mass is 79.9. The van der Waals surface area contributed by atoms with Crippen LogP contribution in [0.3, 0.4) is 0 Å². The molecular weight excluding hydrogens is 246 g/mol. The molecule has 6 heteroatoms. The smallest absolute Gasteiger partial charge is 0.272 e. The predicted octanol–water partition coefficient (Wildman–Crippen LogP) is 2.19. The van der Waals surface area contributed by atoms with Crippen molar-refractivity contribution < 1.29 is 13.5 Å². The standard InChI is InChI=1S/C7H7BrF2N2O/c1-4-11-5(8)2-7(12-4)13-3-6(9)10/h2,6H,3H2,1H3. The van der Waals surface area contributed by atoms with E-state index in [1.807, 2.05) is 0 Å². The predicted molar refractivity (Wildman–Crippen MR) is 46.0 cm³/mol. The summed E-state index contributed by atoms with van der Waals surface area (Å²) in [6, 6.07) is 1.44. The second-order valence-corrected chi connectivity index (χ2v) is 3.09. The fraction of sp³-hybridized carbons (Fsp3) is 0.429. The Kier molecular flexibility index (Phi) is 3.53. The number of aromatic nitrogens is 2. The molecule has 0 bridgehead atoms. The fourth-order valence-electron chi connectivity index (χ4n) is 0.728. The summed E-state index contributed by atoms with van der Waals surface area (Å²) < 4.78 is 28.7. The maximum atomic E-state index is 11.7. The monoisotopic (exact) mass is 252 g/mol. The molecule has 0 unspecified atom stereocenters. The minimum absolute atomic E-state index is 0.152. The Balaban J connectivity index is 2.66. The van der Waals surface area contributed by atoms with Crippen LogP contribution in [0.4, 0.5) is 8.78 Å². The van der Waals surface area contributed by atoms with Gasteiger partial charge < -0.3 is 4.74 Å². The van der Waals surface area contributed by atoms with Crippen molar-refractivity contribution in [2.24, 2.45) is 0 Å². The van der Waals surface area contributed by atoms with Crippen molar-refractivity contribution in [3.05, 3.63) is 16.5 Å². The zero-order valence-electron chi connectivity index (χ0n) is 6.80. The third-order valence-corrected chi connectivity index (χ3v) is 1.55. The van der Waals surface area contributed by atoms with Gasteiger partial charge in [-0.1, -0.05) is 0 Å². The van der Waals surface area contributed by atoms with Crippen molar-refractivity contribution in [3.8, 4) is 5.88 Å². The second kappa shape index (κ2) is 4.45. The molecule has 0 spiro atoms. The van der Waals surface area contributed by atoms with Crippen LogP contribution in [0, 0.1) is 6.92 Å². The molecule has 0 aliphatic carbocycles. The quantitative estimate of drug-likeness (QED) is 0.774. The lowest BCUT2D eigenvalue weighted by Gasteiger charge is -2.04. The Bertz CT molecular complexity index is 276. The van der Waals surface area contributed by atoms with E-state index in [0.29, 0.717) is 10.4 Å². The Morgan fingerprint density at radius 1 is 1.54 bits per heavy atom. The van der Waals surface area contributed by atoms with Crippen LogP contribution in [0.15, 0.2) is 10.7 Å². The Morgan fingerprint density at radius 2 is 2.23 bits per heavy atom. The summed E-state index contributed by atoms with van der Waals surface area (Å²) in [4.78, 5) is 7.71. The molecule has 1 rings (SSSR count). The van der Waals surface area contributed by atoms with E-state index in [2.05, 4.69) is 25.9 Å². The zero-order valence-corrected chi connectivity index (χ0v) is 8.38. The van der Waals surface area contributed by atoms with Gasteiger partial charge in [0, 0.05) is 6.07 Å². The van der Waals surface area contributed by atoms with Gasteiger partial charge in [0.1, 0.15) is 10.4 Å². The summed E-state index contributed by atoms with van der Waals surface area (Å²) in [6.45, 7) is 1.00. The third kappa shape index (κ3) is 3.63. The Hall–Kier alpha value is -0.780. The topological polar surface area (TPSA) is 35.0 Å². The number of ether oxygens (including phenoxy) is 1. The number of aryl methyl sites for hydroxylation is 1. The molecule has 0 aliphatic heterocycles. The highest BCUT2D eigenvalue weighted by Gasteiger charge is 2.05. The molecule has 0 aliphatic rings. The molecule has 13 heavy (non-hydrogen) atoms. The molecule has 1 aromatic rings. The third-order valence-electron chi connectivity index (χ3n) is 1.14. The van der Waals surface area contributed by atoms with Crippen LogP contribution in [0.25, 0.3) is 0 Å². The van der Waals surface area contributed by atoms with Gasteiger partial charge in [0.2, 0.25) is 5.88 Å².